The highest BCUT2D eigenvalue weighted by Gasteiger charge is 2.03. The molecule has 0 saturated carbocycles. The van der Waals surface area contributed by atoms with Gasteiger partial charge in [0.15, 0.2) is 0 Å². The number of rotatable bonds is 1. The molecule has 0 fully saturated rings. The number of nitrogens with two attached hydrogens (primary N) is 1. The van der Waals surface area contributed by atoms with Crippen LogP contribution in [0, 0.1) is 10.5 Å². The van der Waals surface area contributed by atoms with E-state index in [1.807, 2.05) is 13.0 Å². The number of hydrogen-bond acceptors (Lipinski definition) is 3. The van der Waals surface area contributed by atoms with Gasteiger partial charge in [0.2, 0.25) is 0 Å². The van der Waals surface area contributed by atoms with Gasteiger partial charge in [0, 0.05) is 22.4 Å². The molecule has 0 radical (unpaired) electrons. The molecule has 0 atom stereocenters. The predicted molar refractivity (Wildman–Crippen MR) is 54.3 cm³/mol. The van der Waals surface area contributed by atoms with Crippen molar-refractivity contribution in [3.8, 4) is 0 Å². The Morgan fingerprint density at radius 1 is 1.64 bits per heavy atom. The first kappa shape index (κ1) is 8.73. The summed E-state index contributed by atoms with van der Waals surface area (Å²) in [7, 11) is 1.78. The summed E-state index contributed by atoms with van der Waals surface area (Å²) in [6.45, 7) is 2.01. The Hall–Kier alpha value is -0.360. The SMILES string of the molecule is Cc1c(I)ccnc1N(C)N. The van der Waals surface area contributed by atoms with Crippen LogP contribution >= 0.6 is 22.6 Å². The van der Waals surface area contributed by atoms with E-state index in [0.29, 0.717) is 0 Å². The Kier molecular flexibility index (Phi) is 2.67. The van der Waals surface area contributed by atoms with Crippen LogP contribution in [0.2, 0.25) is 0 Å². The predicted octanol–water partition coefficient (Wildman–Crippen LogP) is 1.30. The molecule has 3 nitrogen and oxygen atoms in total. The summed E-state index contributed by atoms with van der Waals surface area (Å²) in [5.41, 5.74) is 1.12. The van der Waals surface area contributed by atoms with Crippen molar-refractivity contribution in [3.63, 3.8) is 0 Å². The zero-order valence-corrected chi connectivity index (χ0v) is 8.66. The average molecular weight is 263 g/mol. The molecule has 1 rings (SSSR count). The summed E-state index contributed by atoms with van der Waals surface area (Å²) in [4.78, 5) is 4.13. The van der Waals surface area contributed by atoms with Crippen molar-refractivity contribution in [3.05, 3.63) is 21.4 Å². The van der Waals surface area contributed by atoms with Gasteiger partial charge in [-0.2, -0.15) is 0 Å². The molecule has 0 spiro atoms. The number of nitrogens with zero attached hydrogens (tertiary/aromatic N) is 2. The molecule has 1 heterocycles. The van der Waals surface area contributed by atoms with Crippen LogP contribution in [-0.2, 0) is 0 Å². The van der Waals surface area contributed by atoms with Gasteiger partial charge in [0.05, 0.1) is 0 Å². The fourth-order valence-corrected chi connectivity index (χ4v) is 1.26. The topological polar surface area (TPSA) is 42.2 Å². The highest BCUT2D eigenvalue weighted by atomic mass is 127. The zero-order chi connectivity index (χ0) is 8.43. The molecule has 60 valence electrons. The standard InChI is InChI=1S/C7H10IN3/c1-5-6(8)3-4-10-7(5)11(2)9/h3-4H,9H2,1-2H3. The summed E-state index contributed by atoms with van der Waals surface area (Å²) in [5.74, 6) is 6.38. The number of hydrazine groups is 1. The average Bonchev–Trinajstić information content (AvgIpc) is 1.94. The minimum Gasteiger partial charge on any atom is -0.298 e. The molecule has 0 aromatic carbocycles. The molecule has 0 aliphatic carbocycles. The van der Waals surface area contributed by atoms with Gasteiger partial charge in [0.25, 0.3) is 0 Å². The Bertz CT molecular complexity index is 260. The summed E-state index contributed by atoms with van der Waals surface area (Å²) in [6.07, 6.45) is 1.76. The fraction of sp³-hybridized carbons (Fsp3) is 0.286. The van der Waals surface area contributed by atoms with E-state index in [0.717, 1.165) is 11.4 Å². The molecule has 0 unspecified atom stereocenters. The summed E-state index contributed by atoms with van der Waals surface area (Å²) in [6, 6.07) is 1.96. The van der Waals surface area contributed by atoms with Crippen molar-refractivity contribution >= 4 is 28.4 Å². The number of hydrogen-bond donors (Lipinski definition) is 1. The lowest BCUT2D eigenvalue weighted by molar-refractivity contribution is 0.962. The molecule has 0 saturated heterocycles. The Labute approximate surface area is 79.7 Å². The second-order valence-corrected chi connectivity index (χ2v) is 3.51. The van der Waals surface area contributed by atoms with E-state index in [9.17, 15) is 0 Å². The van der Waals surface area contributed by atoms with Gasteiger partial charge in [-0.3, -0.25) is 5.01 Å². The molecular formula is C7H10IN3. The number of halogens is 1. The summed E-state index contributed by atoms with van der Waals surface area (Å²) in [5, 5.41) is 1.53. The Balaban J connectivity index is 3.17. The van der Waals surface area contributed by atoms with E-state index >= 15 is 0 Å². The second kappa shape index (κ2) is 3.36. The molecule has 0 aliphatic heterocycles. The minimum absolute atomic E-state index is 0.830. The molecule has 0 bridgehead atoms. The lowest BCUT2D eigenvalue weighted by Crippen LogP contribution is -2.27. The normalized spacial score (nSPS) is 9.82. The molecule has 11 heavy (non-hydrogen) atoms. The lowest BCUT2D eigenvalue weighted by atomic mass is 10.3. The summed E-state index contributed by atoms with van der Waals surface area (Å²) < 4.78 is 1.19. The number of pyridine rings is 1. The van der Waals surface area contributed by atoms with E-state index in [1.54, 1.807) is 13.2 Å². The monoisotopic (exact) mass is 263 g/mol. The van der Waals surface area contributed by atoms with Crippen LogP contribution in [0.3, 0.4) is 0 Å². The zero-order valence-electron chi connectivity index (χ0n) is 6.50. The fourth-order valence-electron chi connectivity index (χ4n) is 0.858. The van der Waals surface area contributed by atoms with Gasteiger partial charge in [-0.25, -0.2) is 10.8 Å². The molecule has 4 heteroatoms. The van der Waals surface area contributed by atoms with Crippen LogP contribution < -0.4 is 10.9 Å². The maximum absolute atomic E-state index is 5.55. The van der Waals surface area contributed by atoms with Crippen LogP contribution in [0.4, 0.5) is 5.82 Å². The van der Waals surface area contributed by atoms with Crippen LogP contribution in [-0.4, -0.2) is 12.0 Å². The van der Waals surface area contributed by atoms with Gasteiger partial charge in [-0.15, -0.1) is 0 Å². The third-order valence-electron chi connectivity index (χ3n) is 1.45. The maximum atomic E-state index is 5.55. The smallest absolute Gasteiger partial charge is 0.146 e. The third kappa shape index (κ3) is 1.81. The van der Waals surface area contributed by atoms with Gasteiger partial charge in [0.1, 0.15) is 5.82 Å². The van der Waals surface area contributed by atoms with Crippen molar-refractivity contribution in [1.29, 1.82) is 0 Å². The van der Waals surface area contributed by atoms with Gasteiger partial charge in [-0.05, 0) is 35.6 Å². The van der Waals surface area contributed by atoms with Crippen LogP contribution in [0.25, 0.3) is 0 Å². The van der Waals surface area contributed by atoms with Crippen molar-refractivity contribution in [1.82, 2.24) is 4.98 Å². The Morgan fingerprint density at radius 3 is 2.73 bits per heavy atom. The van der Waals surface area contributed by atoms with Crippen molar-refractivity contribution in [2.45, 2.75) is 6.92 Å². The van der Waals surface area contributed by atoms with E-state index in [1.165, 1.54) is 8.58 Å². The van der Waals surface area contributed by atoms with Crippen LogP contribution in [0.15, 0.2) is 12.3 Å². The van der Waals surface area contributed by atoms with Crippen molar-refractivity contribution in [2.24, 2.45) is 5.84 Å². The molecule has 1 aromatic heterocycles. The third-order valence-corrected chi connectivity index (χ3v) is 2.61. The first-order chi connectivity index (χ1) is 5.13. The molecule has 0 amide bonds. The molecular weight excluding hydrogens is 253 g/mol. The van der Waals surface area contributed by atoms with Crippen LogP contribution in [0.1, 0.15) is 5.56 Å². The Morgan fingerprint density at radius 2 is 2.27 bits per heavy atom. The van der Waals surface area contributed by atoms with Crippen molar-refractivity contribution < 1.29 is 0 Å². The number of anilines is 1. The van der Waals surface area contributed by atoms with E-state index in [4.69, 9.17) is 5.84 Å². The van der Waals surface area contributed by atoms with Crippen molar-refractivity contribution in [2.75, 3.05) is 12.1 Å². The largest absolute Gasteiger partial charge is 0.298 e. The van der Waals surface area contributed by atoms with E-state index in [2.05, 4.69) is 27.6 Å². The maximum Gasteiger partial charge on any atom is 0.146 e. The van der Waals surface area contributed by atoms with Gasteiger partial charge in [-0.1, -0.05) is 0 Å². The first-order valence-electron chi connectivity index (χ1n) is 3.22. The van der Waals surface area contributed by atoms with Gasteiger partial charge < -0.3 is 0 Å². The number of aromatic nitrogens is 1. The summed E-state index contributed by atoms with van der Waals surface area (Å²) >= 11 is 2.26. The molecule has 1 aromatic rings. The van der Waals surface area contributed by atoms with Crippen LogP contribution in [0.5, 0.6) is 0 Å². The van der Waals surface area contributed by atoms with E-state index in [-0.39, 0.29) is 0 Å². The first-order valence-corrected chi connectivity index (χ1v) is 4.30. The minimum atomic E-state index is 0.830. The quantitative estimate of drug-likeness (QED) is 0.472. The van der Waals surface area contributed by atoms with Gasteiger partial charge >= 0.3 is 0 Å². The lowest BCUT2D eigenvalue weighted by Gasteiger charge is -2.13. The highest BCUT2D eigenvalue weighted by Crippen LogP contribution is 2.18. The van der Waals surface area contributed by atoms with E-state index < -0.39 is 0 Å². The molecule has 2 N–H and O–H groups in total. The highest BCUT2D eigenvalue weighted by molar-refractivity contribution is 14.1. The second-order valence-electron chi connectivity index (χ2n) is 2.35. The molecule has 0 aliphatic rings.